The summed E-state index contributed by atoms with van der Waals surface area (Å²) in [6.45, 7) is 2.79. The molecule has 3 aromatic rings. The van der Waals surface area contributed by atoms with Crippen LogP contribution in [0.2, 0.25) is 0 Å². The number of aliphatic imine (C=N–C) groups is 1. The molecular formula is C19H20N4O3. The van der Waals surface area contributed by atoms with Crippen molar-refractivity contribution in [2.24, 2.45) is 4.99 Å². The molecular weight excluding hydrogens is 332 g/mol. The van der Waals surface area contributed by atoms with Crippen molar-refractivity contribution in [1.82, 2.24) is 10.6 Å². The second kappa shape index (κ2) is 7.69. The van der Waals surface area contributed by atoms with Gasteiger partial charge in [-0.25, -0.2) is 0 Å². The summed E-state index contributed by atoms with van der Waals surface area (Å²) in [6, 6.07) is 14.5. The lowest BCUT2D eigenvalue weighted by Crippen LogP contribution is -2.36. The van der Waals surface area contributed by atoms with Crippen molar-refractivity contribution >= 4 is 22.6 Å². The first-order chi connectivity index (χ1) is 12.6. The molecule has 0 bridgehead atoms. The zero-order valence-corrected chi connectivity index (χ0v) is 14.7. The van der Waals surface area contributed by atoms with Crippen LogP contribution in [0.4, 0.5) is 5.69 Å². The maximum Gasteiger partial charge on any atom is 0.274 e. The molecule has 0 amide bonds. The van der Waals surface area contributed by atoms with E-state index in [1.54, 1.807) is 25.2 Å². The van der Waals surface area contributed by atoms with Crippen molar-refractivity contribution in [3.05, 3.63) is 75.5 Å². The van der Waals surface area contributed by atoms with Gasteiger partial charge in [-0.05, 0) is 13.0 Å². The average molecular weight is 352 g/mol. The van der Waals surface area contributed by atoms with Crippen LogP contribution in [-0.4, -0.2) is 17.9 Å². The number of para-hydroxylation sites is 2. The van der Waals surface area contributed by atoms with E-state index in [0.29, 0.717) is 24.6 Å². The summed E-state index contributed by atoms with van der Waals surface area (Å²) in [5.41, 5.74) is 2.62. The van der Waals surface area contributed by atoms with E-state index in [2.05, 4.69) is 15.6 Å². The van der Waals surface area contributed by atoms with Crippen molar-refractivity contribution < 1.29 is 9.34 Å². The first kappa shape index (κ1) is 17.5. The first-order valence-electron chi connectivity index (χ1n) is 8.24. The van der Waals surface area contributed by atoms with Gasteiger partial charge in [-0.2, -0.15) is 0 Å². The van der Waals surface area contributed by atoms with Gasteiger partial charge in [-0.1, -0.05) is 36.4 Å². The van der Waals surface area contributed by atoms with Crippen LogP contribution in [0.5, 0.6) is 0 Å². The molecule has 0 atom stereocenters. The molecule has 7 heteroatoms. The predicted molar refractivity (Wildman–Crippen MR) is 101 cm³/mol. The fourth-order valence-electron chi connectivity index (χ4n) is 2.80. The number of nitrogens with one attached hydrogen (secondary N) is 2. The zero-order chi connectivity index (χ0) is 18.5. The molecule has 0 unspecified atom stereocenters. The summed E-state index contributed by atoms with van der Waals surface area (Å²) in [5, 5.41) is 18.5. The third-order valence-corrected chi connectivity index (χ3v) is 4.22. The Bertz CT molecular complexity index is 962. The van der Waals surface area contributed by atoms with E-state index in [1.165, 1.54) is 6.07 Å². The summed E-state index contributed by atoms with van der Waals surface area (Å²) < 4.78 is 5.87. The highest BCUT2D eigenvalue weighted by molar-refractivity contribution is 5.83. The second-order valence-corrected chi connectivity index (χ2v) is 5.81. The van der Waals surface area contributed by atoms with Gasteiger partial charge in [0.05, 0.1) is 11.5 Å². The summed E-state index contributed by atoms with van der Waals surface area (Å²) in [4.78, 5) is 14.9. The largest absolute Gasteiger partial charge is 0.459 e. The number of benzene rings is 2. The number of aryl methyl sites for hydroxylation is 1. The van der Waals surface area contributed by atoms with Gasteiger partial charge >= 0.3 is 0 Å². The van der Waals surface area contributed by atoms with Crippen LogP contribution in [0.3, 0.4) is 0 Å². The van der Waals surface area contributed by atoms with E-state index in [-0.39, 0.29) is 10.6 Å². The molecule has 0 aliphatic heterocycles. The summed E-state index contributed by atoms with van der Waals surface area (Å²) >= 11 is 0. The van der Waals surface area contributed by atoms with E-state index in [0.717, 1.165) is 22.3 Å². The number of fused-ring (bicyclic) bond motifs is 1. The number of rotatable bonds is 5. The van der Waals surface area contributed by atoms with Crippen LogP contribution in [-0.2, 0) is 13.1 Å². The molecule has 0 radical (unpaired) electrons. The molecule has 1 aromatic heterocycles. The van der Waals surface area contributed by atoms with Crippen molar-refractivity contribution in [3.8, 4) is 0 Å². The number of nitrogens with zero attached hydrogens (tertiary/aromatic N) is 2. The standard InChI is InChI=1S/C19H20N4O3/c1-13-15-8-4-6-10-17(15)26-18(13)12-22-19(20-2)21-11-14-7-3-5-9-16(14)23(24)25/h3-10H,11-12H2,1-2H3,(H2,20,21,22). The quantitative estimate of drug-likeness (QED) is 0.317. The van der Waals surface area contributed by atoms with Gasteiger partial charge in [-0.15, -0.1) is 0 Å². The molecule has 0 spiro atoms. The molecule has 0 aliphatic rings. The lowest BCUT2D eigenvalue weighted by molar-refractivity contribution is -0.385. The van der Waals surface area contributed by atoms with Gasteiger partial charge in [0, 0.05) is 36.2 Å². The molecule has 0 fully saturated rings. The fraction of sp³-hybridized carbons (Fsp3) is 0.211. The second-order valence-electron chi connectivity index (χ2n) is 5.81. The van der Waals surface area contributed by atoms with E-state index < -0.39 is 0 Å². The minimum Gasteiger partial charge on any atom is -0.459 e. The Balaban J connectivity index is 1.65. The number of guanidine groups is 1. The van der Waals surface area contributed by atoms with Crippen LogP contribution >= 0.6 is 0 Å². The Morgan fingerprint density at radius 2 is 1.81 bits per heavy atom. The molecule has 2 aromatic carbocycles. The number of nitro groups is 1. The van der Waals surface area contributed by atoms with E-state index in [9.17, 15) is 10.1 Å². The maximum absolute atomic E-state index is 11.1. The van der Waals surface area contributed by atoms with Crippen LogP contribution < -0.4 is 10.6 Å². The first-order valence-corrected chi connectivity index (χ1v) is 8.24. The van der Waals surface area contributed by atoms with Crippen LogP contribution in [0, 0.1) is 17.0 Å². The smallest absolute Gasteiger partial charge is 0.274 e. The van der Waals surface area contributed by atoms with E-state index >= 15 is 0 Å². The van der Waals surface area contributed by atoms with Gasteiger partial charge < -0.3 is 15.1 Å². The van der Waals surface area contributed by atoms with Gasteiger partial charge in [0.25, 0.3) is 5.69 Å². The monoisotopic (exact) mass is 352 g/mol. The highest BCUT2D eigenvalue weighted by atomic mass is 16.6. The molecule has 0 saturated carbocycles. The highest BCUT2D eigenvalue weighted by Gasteiger charge is 2.13. The average Bonchev–Trinajstić information content (AvgIpc) is 2.98. The lowest BCUT2D eigenvalue weighted by atomic mass is 10.1. The minimum atomic E-state index is -0.384. The Hall–Kier alpha value is -3.35. The number of nitro benzene ring substituents is 1. The third-order valence-electron chi connectivity index (χ3n) is 4.22. The molecule has 134 valence electrons. The van der Waals surface area contributed by atoms with E-state index in [1.807, 2.05) is 31.2 Å². The third kappa shape index (κ3) is 3.66. The minimum absolute atomic E-state index is 0.0866. The Kier molecular flexibility index (Phi) is 5.17. The molecule has 7 nitrogen and oxygen atoms in total. The number of furan rings is 1. The molecule has 26 heavy (non-hydrogen) atoms. The van der Waals surface area contributed by atoms with E-state index in [4.69, 9.17) is 4.42 Å². The fourth-order valence-corrected chi connectivity index (χ4v) is 2.80. The molecule has 3 rings (SSSR count). The predicted octanol–water partition coefficient (Wildman–Crippen LogP) is 3.51. The summed E-state index contributed by atoms with van der Waals surface area (Å²) in [7, 11) is 1.65. The number of hydrogen-bond acceptors (Lipinski definition) is 4. The summed E-state index contributed by atoms with van der Waals surface area (Å²) in [6.07, 6.45) is 0. The summed E-state index contributed by atoms with van der Waals surface area (Å²) in [5.74, 6) is 1.38. The Morgan fingerprint density at radius 1 is 1.12 bits per heavy atom. The topological polar surface area (TPSA) is 92.7 Å². The van der Waals surface area contributed by atoms with Crippen molar-refractivity contribution in [1.29, 1.82) is 0 Å². The molecule has 2 N–H and O–H groups in total. The molecule has 1 heterocycles. The van der Waals surface area contributed by atoms with Crippen LogP contribution in [0.1, 0.15) is 16.9 Å². The van der Waals surface area contributed by atoms with Crippen molar-refractivity contribution in [2.75, 3.05) is 7.05 Å². The Labute approximate surface area is 150 Å². The van der Waals surface area contributed by atoms with Gasteiger partial charge in [0.2, 0.25) is 0 Å². The highest BCUT2D eigenvalue weighted by Crippen LogP contribution is 2.24. The SMILES string of the molecule is CN=C(NCc1ccccc1[N+](=O)[O-])NCc1oc2ccccc2c1C. The normalized spacial score (nSPS) is 11.5. The maximum atomic E-state index is 11.1. The Morgan fingerprint density at radius 3 is 2.54 bits per heavy atom. The number of hydrogen-bond donors (Lipinski definition) is 2. The van der Waals surface area contributed by atoms with Gasteiger partial charge in [0.15, 0.2) is 5.96 Å². The van der Waals surface area contributed by atoms with Crippen molar-refractivity contribution in [3.63, 3.8) is 0 Å². The molecule has 0 saturated heterocycles. The lowest BCUT2D eigenvalue weighted by Gasteiger charge is -2.11. The van der Waals surface area contributed by atoms with Gasteiger partial charge in [-0.3, -0.25) is 15.1 Å². The van der Waals surface area contributed by atoms with Gasteiger partial charge in [0.1, 0.15) is 11.3 Å². The molecule has 0 aliphatic carbocycles. The van der Waals surface area contributed by atoms with Crippen LogP contribution in [0.25, 0.3) is 11.0 Å². The zero-order valence-electron chi connectivity index (χ0n) is 14.7. The van der Waals surface area contributed by atoms with Crippen molar-refractivity contribution in [2.45, 2.75) is 20.0 Å². The van der Waals surface area contributed by atoms with Crippen LogP contribution in [0.15, 0.2) is 57.9 Å².